The van der Waals surface area contributed by atoms with Gasteiger partial charge in [0.05, 0.1) is 43.2 Å². The molecule has 150 valence electrons. The molecule has 1 atom stereocenters. The first-order chi connectivity index (χ1) is 12.7. The number of esters is 1. The lowest BCUT2D eigenvalue weighted by atomic mass is 10.2. The second-order valence-corrected chi connectivity index (χ2v) is 8.70. The highest BCUT2D eigenvalue weighted by molar-refractivity contribution is 7.89. The minimum atomic E-state index is -3.63. The Labute approximate surface area is 160 Å². The molecular formula is C18H28N3O5S+. The van der Waals surface area contributed by atoms with Crippen LogP contribution in [0.4, 0.5) is 0 Å². The summed E-state index contributed by atoms with van der Waals surface area (Å²) in [5, 5.41) is 0. The molecule has 1 heterocycles. The standard InChI is InChI=1S/C18H27N3O5S/c1-5-26-18(23)15-6-8-16(9-7-15)27(24,25)21-12-10-20(11-13-21)14(2)17(22)19(3)4/h6-9,14H,5,10-13H2,1-4H3/p+1/t14-/m0/s1. The highest BCUT2D eigenvalue weighted by atomic mass is 32.2. The van der Waals surface area contributed by atoms with Gasteiger partial charge in [-0.25, -0.2) is 13.2 Å². The topological polar surface area (TPSA) is 88.4 Å². The normalized spacial score (nSPS) is 17.3. The van der Waals surface area contributed by atoms with Crippen LogP contribution in [-0.4, -0.2) is 82.4 Å². The predicted molar refractivity (Wildman–Crippen MR) is 100 cm³/mol. The molecule has 1 aromatic carbocycles. The molecule has 9 heteroatoms. The van der Waals surface area contributed by atoms with Crippen LogP contribution in [-0.2, 0) is 19.6 Å². The smallest absolute Gasteiger partial charge is 0.338 e. The Morgan fingerprint density at radius 3 is 2.22 bits per heavy atom. The van der Waals surface area contributed by atoms with Crippen molar-refractivity contribution in [3.05, 3.63) is 29.8 Å². The summed E-state index contributed by atoms with van der Waals surface area (Å²) in [5.41, 5.74) is 0.320. The molecule has 2 rings (SSSR count). The molecule has 1 N–H and O–H groups in total. The lowest BCUT2D eigenvalue weighted by Crippen LogP contribution is -3.19. The van der Waals surface area contributed by atoms with Crippen LogP contribution in [0, 0.1) is 0 Å². The van der Waals surface area contributed by atoms with E-state index in [9.17, 15) is 18.0 Å². The van der Waals surface area contributed by atoms with Crippen LogP contribution in [0.25, 0.3) is 0 Å². The second-order valence-electron chi connectivity index (χ2n) is 6.76. The van der Waals surface area contributed by atoms with Crippen LogP contribution in [0.3, 0.4) is 0 Å². The maximum Gasteiger partial charge on any atom is 0.338 e. The highest BCUT2D eigenvalue weighted by Crippen LogP contribution is 2.17. The van der Waals surface area contributed by atoms with E-state index in [1.54, 1.807) is 25.9 Å². The molecule has 1 aliphatic rings. The fraction of sp³-hybridized carbons (Fsp3) is 0.556. The molecule has 0 radical (unpaired) electrons. The zero-order valence-corrected chi connectivity index (χ0v) is 17.1. The predicted octanol–water partition coefficient (Wildman–Crippen LogP) is -0.771. The van der Waals surface area contributed by atoms with E-state index in [0.717, 1.165) is 4.90 Å². The van der Waals surface area contributed by atoms with Crippen LogP contribution in [0.15, 0.2) is 29.2 Å². The number of nitrogens with zero attached hydrogens (tertiary/aromatic N) is 2. The number of carbonyl (C=O) groups excluding carboxylic acids is 2. The average molecular weight is 399 g/mol. The Bertz CT molecular complexity index is 769. The third kappa shape index (κ3) is 4.85. The SMILES string of the molecule is CCOC(=O)c1ccc(S(=O)(=O)N2CC[NH+]([C@@H](C)C(=O)N(C)C)CC2)cc1. The molecule has 1 amide bonds. The summed E-state index contributed by atoms with van der Waals surface area (Å²) in [6, 6.07) is 5.58. The number of benzene rings is 1. The van der Waals surface area contributed by atoms with Gasteiger partial charge in [0.15, 0.2) is 6.04 Å². The first kappa shape index (κ1) is 21.3. The molecule has 1 fully saturated rings. The van der Waals surface area contributed by atoms with Crippen molar-refractivity contribution in [2.75, 3.05) is 46.9 Å². The van der Waals surface area contributed by atoms with E-state index < -0.39 is 16.0 Å². The summed E-state index contributed by atoms with van der Waals surface area (Å²) in [5.74, 6) is -0.436. The van der Waals surface area contributed by atoms with E-state index in [0.29, 0.717) is 31.7 Å². The summed E-state index contributed by atoms with van der Waals surface area (Å²) in [6.07, 6.45) is 0. The number of quaternary nitrogens is 1. The van der Waals surface area contributed by atoms with Gasteiger partial charge in [0, 0.05) is 14.1 Å². The molecule has 0 spiro atoms. The molecular weight excluding hydrogens is 370 g/mol. The molecule has 0 aromatic heterocycles. The Morgan fingerprint density at radius 1 is 1.19 bits per heavy atom. The Kier molecular flexibility index (Phi) is 6.96. The average Bonchev–Trinajstić information content (AvgIpc) is 2.67. The molecule has 0 unspecified atom stereocenters. The summed E-state index contributed by atoms with van der Waals surface area (Å²) in [6.45, 7) is 5.69. The fourth-order valence-electron chi connectivity index (χ4n) is 3.14. The van der Waals surface area contributed by atoms with Gasteiger partial charge < -0.3 is 14.5 Å². The molecule has 8 nitrogen and oxygen atoms in total. The molecule has 0 saturated carbocycles. The number of rotatable bonds is 6. The number of sulfonamides is 1. The summed E-state index contributed by atoms with van der Waals surface area (Å²) < 4.78 is 32.0. The maximum atomic E-state index is 12.8. The van der Waals surface area contributed by atoms with Crippen molar-refractivity contribution in [2.24, 2.45) is 0 Å². The number of carbonyl (C=O) groups is 2. The van der Waals surface area contributed by atoms with Crippen molar-refractivity contribution >= 4 is 21.9 Å². The lowest BCUT2D eigenvalue weighted by Gasteiger charge is -2.34. The maximum absolute atomic E-state index is 12.8. The van der Waals surface area contributed by atoms with Crippen LogP contribution >= 0.6 is 0 Å². The molecule has 1 aliphatic heterocycles. The summed E-state index contributed by atoms with van der Waals surface area (Å²) in [4.78, 5) is 26.6. The Hall–Kier alpha value is -1.97. The van der Waals surface area contributed by atoms with Gasteiger partial charge in [-0.2, -0.15) is 4.31 Å². The molecule has 0 bridgehead atoms. The van der Waals surface area contributed by atoms with Gasteiger partial charge in [0.2, 0.25) is 10.0 Å². The van der Waals surface area contributed by atoms with Crippen LogP contribution in [0.5, 0.6) is 0 Å². The van der Waals surface area contributed by atoms with Gasteiger partial charge >= 0.3 is 5.97 Å². The van der Waals surface area contributed by atoms with Crippen molar-refractivity contribution in [3.63, 3.8) is 0 Å². The number of hydrogen-bond acceptors (Lipinski definition) is 5. The van der Waals surface area contributed by atoms with Crippen LogP contribution in [0.2, 0.25) is 0 Å². The number of ether oxygens (including phenoxy) is 1. The van der Waals surface area contributed by atoms with Gasteiger partial charge in [0.1, 0.15) is 0 Å². The van der Waals surface area contributed by atoms with E-state index in [-0.39, 0.29) is 23.5 Å². The van der Waals surface area contributed by atoms with E-state index in [4.69, 9.17) is 4.74 Å². The van der Waals surface area contributed by atoms with Gasteiger partial charge in [-0.1, -0.05) is 0 Å². The first-order valence-corrected chi connectivity index (χ1v) is 10.5. The number of amides is 1. The van der Waals surface area contributed by atoms with Crippen LogP contribution < -0.4 is 4.90 Å². The van der Waals surface area contributed by atoms with Crippen molar-refractivity contribution in [1.29, 1.82) is 0 Å². The quantitative estimate of drug-likeness (QED) is 0.636. The third-order valence-electron chi connectivity index (χ3n) is 4.79. The summed E-state index contributed by atoms with van der Waals surface area (Å²) in [7, 11) is -0.188. The number of nitrogens with one attached hydrogen (secondary N) is 1. The highest BCUT2D eigenvalue weighted by Gasteiger charge is 2.34. The Balaban J connectivity index is 2.04. The van der Waals surface area contributed by atoms with Crippen molar-refractivity contribution in [3.8, 4) is 0 Å². The van der Waals surface area contributed by atoms with Gasteiger partial charge in [0.25, 0.3) is 5.91 Å². The second kappa shape index (κ2) is 8.81. The lowest BCUT2D eigenvalue weighted by molar-refractivity contribution is -0.917. The number of hydrogen-bond donors (Lipinski definition) is 1. The van der Waals surface area contributed by atoms with Crippen molar-refractivity contribution < 1.29 is 27.6 Å². The fourth-order valence-corrected chi connectivity index (χ4v) is 4.58. The monoisotopic (exact) mass is 398 g/mol. The van der Waals surface area contributed by atoms with Crippen molar-refractivity contribution in [1.82, 2.24) is 9.21 Å². The van der Waals surface area contributed by atoms with Crippen molar-refractivity contribution in [2.45, 2.75) is 24.8 Å². The Morgan fingerprint density at radius 2 is 1.74 bits per heavy atom. The van der Waals surface area contributed by atoms with E-state index in [2.05, 4.69) is 0 Å². The van der Waals surface area contributed by atoms with Gasteiger partial charge in [-0.3, -0.25) is 4.79 Å². The summed E-state index contributed by atoms with van der Waals surface area (Å²) >= 11 is 0. The van der Waals surface area contributed by atoms with E-state index in [1.807, 2.05) is 6.92 Å². The minimum absolute atomic E-state index is 0.0378. The molecule has 27 heavy (non-hydrogen) atoms. The van der Waals surface area contributed by atoms with Crippen LogP contribution in [0.1, 0.15) is 24.2 Å². The van der Waals surface area contributed by atoms with E-state index >= 15 is 0 Å². The van der Waals surface area contributed by atoms with Gasteiger partial charge in [-0.05, 0) is 38.1 Å². The molecule has 0 aliphatic carbocycles. The molecule has 1 aromatic rings. The first-order valence-electron chi connectivity index (χ1n) is 9.01. The van der Waals surface area contributed by atoms with E-state index in [1.165, 1.54) is 28.6 Å². The van der Waals surface area contributed by atoms with Gasteiger partial charge in [-0.15, -0.1) is 0 Å². The third-order valence-corrected chi connectivity index (χ3v) is 6.70. The number of piperazine rings is 1. The zero-order valence-electron chi connectivity index (χ0n) is 16.3. The minimum Gasteiger partial charge on any atom is -0.462 e. The number of likely N-dealkylation sites (N-methyl/N-ethyl adjacent to an activating group) is 1. The zero-order chi connectivity index (χ0) is 20.2. The largest absolute Gasteiger partial charge is 0.462 e. The molecule has 1 saturated heterocycles.